The standard InChI is InChI=1S/C10H13Cl2N3O3/c1-10(4-11)7(16)6(12)8(18-10)15-3-2-5(13)14-9(15)17/h2-3,6-8,16H,4H2,1H3,(H2,13,14,17)/t6-,7+,8-,10+/m1/s1. The molecule has 1 aliphatic rings. The molecule has 0 radical (unpaired) electrons. The Labute approximate surface area is 113 Å². The number of nitrogens with two attached hydrogens (primary N) is 1. The van der Waals surface area contributed by atoms with Gasteiger partial charge in [0.2, 0.25) is 0 Å². The lowest BCUT2D eigenvalue weighted by atomic mass is 10.0. The highest BCUT2D eigenvalue weighted by molar-refractivity contribution is 6.22. The Morgan fingerprint density at radius 1 is 1.72 bits per heavy atom. The van der Waals surface area contributed by atoms with E-state index < -0.39 is 29.0 Å². The average Bonchev–Trinajstić information content (AvgIpc) is 2.55. The molecular formula is C10H13Cl2N3O3. The molecule has 0 aliphatic carbocycles. The summed E-state index contributed by atoms with van der Waals surface area (Å²) in [5, 5.41) is 9.20. The summed E-state index contributed by atoms with van der Waals surface area (Å²) in [7, 11) is 0. The van der Waals surface area contributed by atoms with Gasteiger partial charge in [0, 0.05) is 6.20 Å². The van der Waals surface area contributed by atoms with Crippen LogP contribution in [-0.2, 0) is 4.74 Å². The SMILES string of the molecule is C[C@@]1(CCl)O[C@@H](n2ccc(N)nc2=O)[C@H](Cl)[C@@H]1O. The zero-order valence-electron chi connectivity index (χ0n) is 9.59. The van der Waals surface area contributed by atoms with Crippen LogP contribution in [-0.4, -0.2) is 37.6 Å². The summed E-state index contributed by atoms with van der Waals surface area (Å²) in [6, 6.07) is 1.46. The van der Waals surface area contributed by atoms with Gasteiger partial charge in [-0.1, -0.05) is 0 Å². The first-order valence-corrected chi connectivity index (χ1v) is 6.27. The maximum atomic E-state index is 11.7. The largest absolute Gasteiger partial charge is 0.388 e. The predicted molar refractivity (Wildman–Crippen MR) is 67.8 cm³/mol. The maximum absolute atomic E-state index is 11.7. The molecule has 3 N–H and O–H groups in total. The van der Waals surface area contributed by atoms with Gasteiger partial charge < -0.3 is 15.6 Å². The molecule has 1 saturated heterocycles. The fourth-order valence-corrected chi connectivity index (χ4v) is 2.50. The number of halogens is 2. The van der Waals surface area contributed by atoms with Crippen LogP contribution in [0.1, 0.15) is 13.2 Å². The highest BCUT2D eigenvalue weighted by Gasteiger charge is 2.51. The zero-order chi connectivity index (χ0) is 13.5. The Morgan fingerprint density at radius 2 is 2.39 bits per heavy atom. The van der Waals surface area contributed by atoms with Gasteiger partial charge in [0.25, 0.3) is 0 Å². The highest BCUT2D eigenvalue weighted by atomic mass is 35.5. The first-order valence-electron chi connectivity index (χ1n) is 5.29. The number of aliphatic hydroxyl groups excluding tert-OH is 1. The number of ether oxygens (including phenoxy) is 1. The Balaban J connectivity index is 2.38. The van der Waals surface area contributed by atoms with Crippen molar-refractivity contribution in [1.29, 1.82) is 0 Å². The number of hydrogen-bond donors (Lipinski definition) is 2. The molecule has 100 valence electrons. The summed E-state index contributed by atoms with van der Waals surface area (Å²) in [6.07, 6.45) is -0.380. The zero-order valence-corrected chi connectivity index (χ0v) is 11.1. The molecule has 1 fully saturated rings. The lowest BCUT2D eigenvalue weighted by Crippen LogP contribution is -2.40. The molecule has 0 aromatic carbocycles. The van der Waals surface area contributed by atoms with E-state index in [-0.39, 0.29) is 11.7 Å². The summed E-state index contributed by atoms with van der Waals surface area (Å²) >= 11 is 11.8. The van der Waals surface area contributed by atoms with Gasteiger partial charge in [-0.2, -0.15) is 4.98 Å². The molecule has 2 rings (SSSR count). The molecule has 1 aromatic rings. The van der Waals surface area contributed by atoms with Crippen LogP contribution >= 0.6 is 23.2 Å². The Bertz CT molecular complexity index is 509. The number of hydrogen-bond acceptors (Lipinski definition) is 5. The van der Waals surface area contributed by atoms with Crippen molar-refractivity contribution in [1.82, 2.24) is 9.55 Å². The van der Waals surface area contributed by atoms with Crippen molar-refractivity contribution in [3.8, 4) is 0 Å². The van der Waals surface area contributed by atoms with Gasteiger partial charge in [-0.05, 0) is 13.0 Å². The van der Waals surface area contributed by atoms with Crippen LogP contribution in [0.4, 0.5) is 5.82 Å². The van der Waals surface area contributed by atoms with E-state index >= 15 is 0 Å². The molecule has 2 heterocycles. The summed E-state index contributed by atoms with van der Waals surface area (Å²) in [5.74, 6) is 0.173. The van der Waals surface area contributed by atoms with E-state index in [1.165, 1.54) is 16.8 Å². The van der Waals surface area contributed by atoms with Crippen molar-refractivity contribution < 1.29 is 9.84 Å². The third-order valence-corrected chi connectivity index (χ3v) is 3.97. The summed E-state index contributed by atoms with van der Waals surface area (Å²) in [4.78, 5) is 15.3. The second-order valence-corrected chi connectivity index (χ2v) is 5.16. The summed E-state index contributed by atoms with van der Waals surface area (Å²) in [6.45, 7) is 1.63. The monoisotopic (exact) mass is 293 g/mol. The fraction of sp³-hybridized carbons (Fsp3) is 0.600. The van der Waals surface area contributed by atoms with E-state index in [2.05, 4.69) is 4.98 Å². The summed E-state index contributed by atoms with van der Waals surface area (Å²) in [5.41, 5.74) is 3.81. The average molecular weight is 294 g/mol. The van der Waals surface area contributed by atoms with Crippen LogP contribution < -0.4 is 11.4 Å². The summed E-state index contributed by atoms with van der Waals surface area (Å²) < 4.78 is 6.79. The maximum Gasteiger partial charge on any atom is 0.351 e. The molecule has 18 heavy (non-hydrogen) atoms. The van der Waals surface area contributed by atoms with Crippen molar-refractivity contribution in [2.24, 2.45) is 0 Å². The normalized spacial score (nSPS) is 35.9. The minimum absolute atomic E-state index is 0.0606. The second kappa shape index (κ2) is 4.70. The molecule has 6 nitrogen and oxygen atoms in total. The minimum Gasteiger partial charge on any atom is -0.388 e. The smallest absolute Gasteiger partial charge is 0.351 e. The van der Waals surface area contributed by atoms with Gasteiger partial charge in [0.05, 0.1) is 5.88 Å². The molecule has 0 bridgehead atoms. The molecule has 0 unspecified atom stereocenters. The van der Waals surface area contributed by atoms with Gasteiger partial charge >= 0.3 is 5.69 Å². The number of aliphatic hydroxyl groups is 1. The van der Waals surface area contributed by atoms with Crippen molar-refractivity contribution in [3.63, 3.8) is 0 Å². The molecule has 0 saturated carbocycles. The van der Waals surface area contributed by atoms with Gasteiger partial charge in [-0.15, -0.1) is 23.2 Å². The number of alkyl halides is 2. The van der Waals surface area contributed by atoms with Gasteiger partial charge in [0.15, 0.2) is 6.23 Å². The Hall–Kier alpha value is -0.820. The van der Waals surface area contributed by atoms with Crippen LogP contribution in [0.2, 0.25) is 0 Å². The fourth-order valence-electron chi connectivity index (χ4n) is 1.84. The number of nitrogen functional groups attached to an aromatic ring is 1. The van der Waals surface area contributed by atoms with Crippen molar-refractivity contribution in [3.05, 3.63) is 22.7 Å². The number of nitrogens with zero attached hydrogens (tertiary/aromatic N) is 2. The van der Waals surface area contributed by atoms with E-state index in [4.69, 9.17) is 33.7 Å². The third-order valence-electron chi connectivity index (χ3n) is 2.98. The van der Waals surface area contributed by atoms with E-state index in [9.17, 15) is 9.90 Å². The highest BCUT2D eigenvalue weighted by Crippen LogP contribution is 2.40. The molecule has 0 spiro atoms. The topological polar surface area (TPSA) is 90.4 Å². The molecule has 1 aromatic heterocycles. The molecular weight excluding hydrogens is 281 g/mol. The van der Waals surface area contributed by atoms with E-state index in [1.807, 2.05) is 0 Å². The van der Waals surface area contributed by atoms with E-state index in [1.54, 1.807) is 6.92 Å². The van der Waals surface area contributed by atoms with E-state index in [0.717, 1.165) is 0 Å². The van der Waals surface area contributed by atoms with Crippen LogP contribution in [0, 0.1) is 0 Å². The van der Waals surface area contributed by atoms with Crippen molar-refractivity contribution in [2.45, 2.75) is 30.2 Å². The lowest BCUT2D eigenvalue weighted by Gasteiger charge is -2.24. The van der Waals surface area contributed by atoms with Gasteiger partial charge in [-0.3, -0.25) is 4.57 Å². The van der Waals surface area contributed by atoms with Crippen LogP contribution in [0.15, 0.2) is 17.1 Å². The Kier molecular flexibility index (Phi) is 3.55. The van der Waals surface area contributed by atoms with E-state index in [0.29, 0.717) is 0 Å². The van der Waals surface area contributed by atoms with Crippen molar-refractivity contribution >= 4 is 29.0 Å². The predicted octanol–water partition coefficient (Wildman–Crippen LogP) is 0.320. The number of anilines is 1. The van der Waals surface area contributed by atoms with Crippen LogP contribution in [0.5, 0.6) is 0 Å². The Morgan fingerprint density at radius 3 is 2.89 bits per heavy atom. The van der Waals surface area contributed by atoms with Crippen LogP contribution in [0.25, 0.3) is 0 Å². The molecule has 0 amide bonds. The van der Waals surface area contributed by atoms with Gasteiger partial charge in [0.1, 0.15) is 22.9 Å². The molecule has 8 heteroatoms. The molecule has 4 atom stereocenters. The first-order chi connectivity index (χ1) is 8.39. The second-order valence-electron chi connectivity index (χ2n) is 4.39. The quantitative estimate of drug-likeness (QED) is 0.767. The molecule has 1 aliphatic heterocycles. The third kappa shape index (κ3) is 2.09. The minimum atomic E-state index is -1.00. The number of aromatic nitrogens is 2. The lowest BCUT2D eigenvalue weighted by molar-refractivity contribution is -0.0770. The van der Waals surface area contributed by atoms with Crippen molar-refractivity contribution in [2.75, 3.05) is 11.6 Å². The first kappa shape index (κ1) is 13.6. The van der Waals surface area contributed by atoms with Crippen LogP contribution in [0.3, 0.4) is 0 Å². The van der Waals surface area contributed by atoms with Gasteiger partial charge in [-0.25, -0.2) is 4.79 Å². The number of rotatable bonds is 2.